The standard InChI is InChI=1S/C30H40N4O2/c1-5-18-34-19-16-30(25-20-23(32-36)11-10-22(25)6-2)24-12-14-29(30,21(34)3)15-13-27(24)33(4)28(35)26-9-7-8-17-31-26/h7-11,17,20-21,24,27H,5-6,12-16,18-19H2,1-4H3. The van der Waals surface area contributed by atoms with Gasteiger partial charge in [0.25, 0.3) is 5.91 Å². The first-order valence-corrected chi connectivity index (χ1v) is 13.8. The van der Waals surface area contributed by atoms with Gasteiger partial charge in [-0.1, -0.05) is 26.0 Å². The van der Waals surface area contributed by atoms with Gasteiger partial charge in [-0.25, -0.2) is 0 Å². The molecule has 3 fully saturated rings. The highest BCUT2D eigenvalue weighted by Crippen LogP contribution is 2.70. The van der Waals surface area contributed by atoms with Crippen LogP contribution in [0.15, 0.2) is 47.8 Å². The first-order valence-electron chi connectivity index (χ1n) is 13.8. The quantitative estimate of drug-likeness (QED) is 0.441. The molecule has 5 rings (SSSR count). The zero-order valence-corrected chi connectivity index (χ0v) is 22.2. The average Bonchev–Trinajstić information content (AvgIpc) is 3.13. The lowest BCUT2D eigenvalue weighted by Gasteiger charge is -2.64. The van der Waals surface area contributed by atoms with E-state index in [1.165, 1.54) is 17.5 Å². The summed E-state index contributed by atoms with van der Waals surface area (Å²) in [5.74, 6) is 0.355. The van der Waals surface area contributed by atoms with E-state index in [1.807, 2.05) is 36.2 Å². The summed E-state index contributed by atoms with van der Waals surface area (Å²) in [4.78, 5) is 34.3. The van der Waals surface area contributed by atoms with Crippen molar-refractivity contribution >= 4 is 11.6 Å². The van der Waals surface area contributed by atoms with Crippen LogP contribution in [0.25, 0.3) is 0 Å². The minimum Gasteiger partial charge on any atom is -0.337 e. The molecule has 1 aromatic heterocycles. The molecule has 0 spiro atoms. The maximum atomic E-state index is 13.5. The van der Waals surface area contributed by atoms with Gasteiger partial charge < -0.3 is 9.80 Å². The molecular formula is C30H40N4O2. The summed E-state index contributed by atoms with van der Waals surface area (Å²) in [6.07, 6.45) is 9.24. The van der Waals surface area contributed by atoms with Crippen molar-refractivity contribution in [1.29, 1.82) is 0 Å². The van der Waals surface area contributed by atoms with Crippen molar-refractivity contribution in [3.05, 3.63) is 64.3 Å². The van der Waals surface area contributed by atoms with Crippen molar-refractivity contribution in [1.82, 2.24) is 14.8 Å². The van der Waals surface area contributed by atoms with Crippen molar-refractivity contribution in [2.24, 2.45) is 16.5 Å². The number of aromatic nitrogens is 1. The van der Waals surface area contributed by atoms with E-state index in [1.54, 1.807) is 6.20 Å². The molecule has 192 valence electrons. The highest BCUT2D eigenvalue weighted by molar-refractivity contribution is 5.92. The summed E-state index contributed by atoms with van der Waals surface area (Å²) in [5.41, 5.74) is 3.77. The lowest BCUT2D eigenvalue weighted by molar-refractivity contribution is -0.0880. The fourth-order valence-electron chi connectivity index (χ4n) is 8.64. The number of nitrogens with zero attached hydrogens (tertiary/aromatic N) is 4. The van der Waals surface area contributed by atoms with E-state index in [4.69, 9.17) is 0 Å². The molecule has 5 atom stereocenters. The summed E-state index contributed by atoms with van der Waals surface area (Å²) in [6, 6.07) is 12.3. The molecule has 2 bridgehead atoms. The Kier molecular flexibility index (Phi) is 6.75. The van der Waals surface area contributed by atoms with Crippen LogP contribution >= 0.6 is 0 Å². The maximum absolute atomic E-state index is 13.5. The number of rotatable bonds is 7. The number of carbonyl (C=O) groups is 1. The van der Waals surface area contributed by atoms with E-state index in [0.29, 0.717) is 23.3 Å². The number of nitroso groups, excluding NO2 is 1. The van der Waals surface area contributed by atoms with Crippen molar-refractivity contribution < 1.29 is 4.79 Å². The van der Waals surface area contributed by atoms with E-state index in [-0.39, 0.29) is 22.8 Å². The van der Waals surface area contributed by atoms with Crippen LogP contribution < -0.4 is 0 Å². The van der Waals surface area contributed by atoms with Crippen LogP contribution in [0, 0.1) is 16.2 Å². The van der Waals surface area contributed by atoms with Crippen molar-refractivity contribution in [2.75, 3.05) is 20.1 Å². The number of hydrogen-bond acceptors (Lipinski definition) is 5. The minimum atomic E-state index is -0.0652. The van der Waals surface area contributed by atoms with E-state index in [9.17, 15) is 9.70 Å². The summed E-state index contributed by atoms with van der Waals surface area (Å²) >= 11 is 0. The van der Waals surface area contributed by atoms with Crippen LogP contribution in [0.1, 0.15) is 80.9 Å². The van der Waals surface area contributed by atoms with E-state index in [2.05, 4.69) is 48.0 Å². The molecule has 2 aliphatic carbocycles. The Morgan fingerprint density at radius 3 is 2.67 bits per heavy atom. The number of amides is 1. The van der Waals surface area contributed by atoms with E-state index >= 15 is 0 Å². The van der Waals surface area contributed by atoms with Gasteiger partial charge in [-0.2, -0.15) is 0 Å². The lowest BCUT2D eigenvalue weighted by Crippen LogP contribution is -2.67. The zero-order valence-electron chi connectivity index (χ0n) is 22.2. The molecule has 1 aromatic carbocycles. The summed E-state index contributed by atoms with van der Waals surface area (Å²) < 4.78 is 0. The zero-order chi connectivity index (χ0) is 25.5. The van der Waals surface area contributed by atoms with E-state index < -0.39 is 0 Å². The molecule has 2 heterocycles. The van der Waals surface area contributed by atoms with Gasteiger partial charge in [0, 0.05) is 30.7 Å². The van der Waals surface area contributed by atoms with Gasteiger partial charge in [0.2, 0.25) is 0 Å². The minimum absolute atomic E-state index is 0.00522. The average molecular weight is 489 g/mol. The Morgan fingerprint density at radius 1 is 1.17 bits per heavy atom. The SMILES string of the molecule is CCCN1CCC2(c3cc(N=O)ccc3CC)C3CCC2(CCC3N(C)C(=O)c2ccccn2)C1C. The monoisotopic (exact) mass is 488 g/mol. The van der Waals surface area contributed by atoms with Gasteiger partial charge in [-0.15, -0.1) is 4.91 Å². The topological polar surface area (TPSA) is 65.9 Å². The number of pyridine rings is 1. The third-order valence-corrected chi connectivity index (χ3v) is 10.2. The Bertz CT molecular complexity index is 1120. The first kappa shape index (κ1) is 25.1. The van der Waals surface area contributed by atoms with Gasteiger partial charge >= 0.3 is 0 Å². The Labute approximate surface area is 215 Å². The Morgan fingerprint density at radius 2 is 1.97 bits per heavy atom. The smallest absolute Gasteiger partial charge is 0.272 e. The summed E-state index contributed by atoms with van der Waals surface area (Å²) in [6.45, 7) is 9.11. The number of aryl methyl sites for hydroxylation is 1. The number of piperidine rings is 1. The van der Waals surface area contributed by atoms with Crippen LogP contribution in [0.5, 0.6) is 0 Å². The molecule has 3 aliphatic rings. The van der Waals surface area contributed by atoms with Crippen LogP contribution in [0.3, 0.4) is 0 Å². The molecule has 6 heteroatoms. The van der Waals surface area contributed by atoms with Crippen molar-refractivity contribution in [2.45, 2.75) is 83.2 Å². The van der Waals surface area contributed by atoms with Crippen LogP contribution in [-0.2, 0) is 11.8 Å². The number of benzene rings is 1. The third-order valence-electron chi connectivity index (χ3n) is 10.2. The highest BCUT2D eigenvalue weighted by Gasteiger charge is 2.69. The second-order valence-corrected chi connectivity index (χ2v) is 11.3. The van der Waals surface area contributed by atoms with Crippen LogP contribution in [0.4, 0.5) is 5.69 Å². The fourth-order valence-corrected chi connectivity index (χ4v) is 8.64. The molecule has 0 radical (unpaired) electrons. The van der Waals surface area contributed by atoms with Gasteiger partial charge in [0.1, 0.15) is 11.4 Å². The van der Waals surface area contributed by atoms with Gasteiger partial charge in [-0.3, -0.25) is 9.78 Å². The number of hydrogen-bond donors (Lipinski definition) is 0. The molecule has 5 unspecified atom stereocenters. The molecule has 1 saturated heterocycles. The molecule has 0 N–H and O–H groups in total. The van der Waals surface area contributed by atoms with Gasteiger partial charge in [0.05, 0.1) is 0 Å². The maximum Gasteiger partial charge on any atom is 0.272 e. The Balaban J connectivity index is 1.64. The molecule has 1 amide bonds. The molecule has 36 heavy (non-hydrogen) atoms. The molecule has 2 aromatic rings. The van der Waals surface area contributed by atoms with Crippen molar-refractivity contribution in [3.8, 4) is 0 Å². The Hall–Kier alpha value is -2.60. The second kappa shape index (κ2) is 9.70. The second-order valence-electron chi connectivity index (χ2n) is 11.3. The normalized spacial score (nSPS) is 31.6. The molecule has 2 saturated carbocycles. The number of likely N-dealkylation sites (tertiary alicyclic amines) is 1. The summed E-state index contributed by atoms with van der Waals surface area (Å²) in [7, 11) is 1.97. The van der Waals surface area contributed by atoms with Crippen molar-refractivity contribution in [3.63, 3.8) is 0 Å². The molecule has 1 aliphatic heterocycles. The largest absolute Gasteiger partial charge is 0.337 e. The van der Waals surface area contributed by atoms with Gasteiger partial charge in [-0.05, 0) is 117 Å². The summed E-state index contributed by atoms with van der Waals surface area (Å²) in [5, 5.41) is 3.36. The third kappa shape index (κ3) is 3.55. The lowest BCUT2D eigenvalue weighted by atomic mass is 9.46. The number of carbonyl (C=O) groups excluding carboxylic acids is 1. The van der Waals surface area contributed by atoms with Crippen LogP contribution in [-0.4, -0.2) is 52.9 Å². The van der Waals surface area contributed by atoms with E-state index in [0.717, 1.165) is 51.6 Å². The fraction of sp³-hybridized carbons (Fsp3) is 0.600. The highest BCUT2D eigenvalue weighted by atomic mass is 16.3. The predicted molar refractivity (Wildman–Crippen MR) is 143 cm³/mol. The first-order chi connectivity index (χ1) is 17.4. The predicted octanol–water partition coefficient (Wildman–Crippen LogP) is 6.11. The molecular weight excluding hydrogens is 448 g/mol. The van der Waals surface area contributed by atoms with Gasteiger partial charge in [0.15, 0.2) is 0 Å². The van der Waals surface area contributed by atoms with Crippen LogP contribution in [0.2, 0.25) is 0 Å². The molecule has 6 nitrogen and oxygen atoms in total.